The molecule has 1 saturated carbocycles. The third-order valence-electron chi connectivity index (χ3n) is 5.95. The second-order valence-electron chi connectivity index (χ2n) is 7.65. The van der Waals surface area contributed by atoms with Crippen LogP contribution in [-0.2, 0) is 0 Å². The zero-order valence-corrected chi connectivity index (χ0v) is 16.4. The molecule has 148 valence electrons. The monoisotopic (exact) mass is 380 g/mol. The Morgan fingerprint density at radius 3 is 2.71 bits per heavy atom. The smallest absolute Gasteiger partial charge is 0.254 e. The van der Waals surface area contributed by atoms with Crippen LogP contribution in [0.25, 0.3) is 17.0 Å². The first-order valence-corrected chi connectivity index (χ1v) is 10.0. The summed E-state index contributed by atoms with van der Waals surface area (Å²) in [5.74, 6) is 1.48. The van der Waals surface area contributed by atoms with Crippen LogP contribution in [0.2, 0.25) is 0 Å². The number of β-amino-alcohol motifs (C(OH)–C–C–N with tert-alkyl or cyclic N) is 1. The first-order chi connectivity index (χ1) is 13.7. The highest BCUT2D eigenvalue weighted by molar-refractivity contribution is 5.65. The maximum absolute atomic E-state index is 9.45. The number of nitrogens with zero attached hydrogens (tertiary/aromatic N) is 5. The van der Waals surface area contributed by atoms with Gasteiger partial charge in [-0.2, -0.15) is 14.6 Å². The van der Waals surface area contributed by atoms with Crippen molar-refractivity contribution in [2.24, 2.45) is 0 Å². The van der Waals surface area contributed by atoms with E-state index in [0.29, 0.717) is 12.3 Å². The van der Waals surface area contributed by atoms with Crippen LogP contribution in [0.3, 0.4) is 0 Å². The predicted molar refractivity (Wildman–Crippen MR) is 110 cm³/mol. The Bertz CT molecular complexity index is 904. The van der Waals surface area contributed by atoms with Gasteiger partial charge in [-0.25, -0.2) is 4.98 Å². The van der Waals surface area contributed by atoms with Crippen LogP contribution in [-0.4, -0.2) is 61.9 Å². The van der Waals surface area contributed by atoms with Crippen LogP contribution < -0.4 is 5.32 Å². The molecule has 0 spiro atoms. The fourth-order valence-corrected chi connectivity index (χ4v) is 4.24. The minimum absolute atomic E-state index is 0.0457. The van der Waals surface area contributed by atoms with Crippen LogP contribution in [0.5, 0.6) is 0 Å². The molecule has 7 nitrogen and oxygen atoms in total. The SMILES string of the molecule is CN(CCO)C1(CNc2cc(-c3ccccc3)nc3ncnn23)CCCCC1. The van der Waals surface area contributed by atoms with E-state index in [2.05, 4.69) is 44.5 Å². The minimum atomic E-state index is 0.0457. The Hall–Kier alpha value is -2.51. The van der Waals surface area contributed by atoms with Crippen LogP contribution >= 0.6 is 0 Å². The average molecular weight is 380 g/mol. The van der Waals surface area contributed by atoms with Crippen molar-refractivity contribution >= 4 is 11.6 Å². The number of anilines is 1. The number of hydrogen-bond donors (Lipinski definition) is 2. The number of aliphatic hydroxyl groups is 1. The summed E-state index contributed by atoms with van der Waals surface area (Å²) in [4.78, 5) is 11.3. The molecule has 4 rings (SSSR count). The summed E-state index contributed by atoms with van der Waals surface area (Å²) in [5, 5.41) is 17.4. The third kappa shape index (κ3) is 3.72. The number of hydrogen-bond acceptors (Lipinski definition) is 6. The molecule has 7 heteroatoms. The highest BCUT2D eigenvalue weighted by Crippen LogP contribution is 2.33. The van der Waals surface area contributed by atoms with Gasteiger partial charge in [0.2, 0.25) is 0 Å². The molecule has 2 N–H and O–H groups in total. The molecule has 0 amide bonds. The summed E-state index contributed by atoms with van der Waals surface area (Å²) in [7, 11) is 2.12. The molecule has 1 aliphatic carbocycles. The Kier molecular flexibility index (Phi) is 5.54. The zero-order valence-electron chi connectivity index (χ0n) is 16.4. The lowest BCUT2D eigenvalue weighted by atomic mass is 9.80. The van der Waals surface area contributed by atoms with Gasteiger partial charge in [-0.3, -0.25) is 4.90 Å². The van der Waals surface area contributed by atoms with E-state index in [4.69, 9.17) is 0 Å². The van der Waals surface area contributed by atoms with E-state index < -0.39 is 0 Å². The molecule has 0 unspecified atom stereocenters. The molecular weight excluding hydrogens is 352 g/mol. The van der Waals surface area contributed by atoms with Crippen molar-refractivity contribution in [3.63, 3.8) is 0 Å². The lowest BCUT2D eigenvalue weighted by Gasteiger charge is -2.45. The van der Waals surface area contributed by atoms with E-state index in [-0.39, 0.29) is 12.1 Å². The fraction of sp³-hybridized carbons (Fsp3) is 0.476. The maximum atomic E-state index is 9.45. The second-order valence-corrected chi connectivity index (χ2v) is 7.65. The van der Waals surface area contributed by atoms with Crippen molar-refractivity contribution in [1.29, 1.82) is 0 Å². The summed E-state index contributed by atoms with van der Waals surface area (Å²) in [6.45, 7) is 1.67. The van der Waals surface area contributed by atoms with Crippen molar-refractivity contribution in [3.05, 3.63) is 42.7 Å². The molecule has 28 heavy (non-hydrogen) atoms. The number of fused-ring (bicyclic) bond motifs is 1. The van der Waals surface area contributed by atoms with E-state index in [1.807, 2.05) is 24.3 Å². The number of likely N-dealkylation sites (N-methyl/N-ethyl adjacent to an activating group) is 1. The molecule has 1 aliphatic rings. The Morgan fingerprint density at radius 2 is 1.96 bits per heavy atom. The predicted octanol–water partition coefficient (Wildman–Crippen LogP) is 2.83. The number of nitrogens with one attached hydrogen (secondary N) is 1. The standard InChI is InChI=1S/C21H28N6O/c1-26(12-13-28)21(10-6-3-7-11-21)15-22-19-14-18(17-8-4-2-5-9-17)25-20-23-16-24-27(19)20/h2,4-5,8-9,14,16,22,28H,3,6-7,10-13,15H2,1H3. The van der Waals surface area contributed by atoms with Crippen molar-refractivity contribution in [2.45, 2.75) is 37.6 Å². The van der Waals surface area contributed by atoms with Gasteiger partial charge in [0.1, 0.15) is 12.1 Å². The van der Waals surface area contributed by atoms with Crippen LogP contribution in [0.15, 0.2) is 42.7 Å². The van der Waals surface area contributed by atoms with Gasteiger partial charge in [-0.15, -0.1) is 0 Å². The summed E-state index contributed by atoms with van der Waals surface area (Å²) in [5.41, 5.74) is 1.98. The maximum Gasteiger partial charge on any atom is 0.254 e. The van der Waals surface area contributed by atoms with E-state index in [0.717, 1.165) is 36.5 Å². The normalized spacial score (nSPS) is 16.5. The Balaban J connectivity index is 1.64. The zero-order chi connectivity index (χ0) is 19.4. The molecule has 0 radical (unpaired) electrons. The molecule has 3 aromatic rings. The largest absolute Gasteiger partial charge is 0.395 e. The van der Waals surface area contributed by atoms with E-state index >= 15 is 0 Å². The molecule has 2 aromatic heterocycles. The molecule has 1 fully saturated rings. The topological polar surface area (TPSA) is 78.6 Å². The van der Waals surface area contributed by atoms with Crippen LogP contribution in [0.1, 0.15) is 32.1 Å². The van der Waals surface area contributed by atoms with Gasteiger partial charge in [0.25, 0.3) is 5.78 Å². The van der Waals surface area contributed by atoms with Crippen molar-refractivity contribution < 1.29 is 5.11 Å². The molecule has 0 bridgehead atoms. The number of aromatic nitrogens is 4. The van der Waals surface area contributed by atoms with Gasteiger partial charge >= 0.3 is 0 Å². The van der Waals surface area contributed by atoms with Gasteiger partial charge in [-0.1, -0.05) is 49.6 Å². The summed E-state index contributed by atoms with van der Waals surface area (Å²) in [6, 6.07) is 12.2. The van der Waals surface area contributed by atoms with Crippen molar-refractivity contribution in [1.82, 2.24) is 24.5 Å². The Morgan fingerprint density at radius 1 is 1.18 bits per heavy atom. The molecule has 2 heterocycles. The van der Waals surface area contributed by atoms with Gasteiger partial charge in [-0.05, 0) is 19.9 Å². The van der Waals surface area contributed by atoms with Gasteiger partial charge in [0.05, 0.1) is 12.3 Å². The number of aliphatic hydroxyl groups excluding tert-OH is 1. The molecule has 0 atom stereocenters. The van der Waals surface area contributed by atoms with Crippen LogP contribution in [0, 0.1) is 0 Å². The van der Waals surface area contributed by atoms with E-state index in [9.17, 15) is 5.11 Å². The summed E-state index contributed by atoms with van der Waals surface area (Å²) >= 11 is 0. The first kappa shape index (κ1) is 18.8. The van der Waals surface area contributed by atoms with E-state index in [1.165, 1.54) is 25.6 Å². The third-order valence-corrected chi connectivity index (χ3v) is 5.95. The molecule has 0 saturated heterocycles. The summed E-state index contributed by atoms with van der Waals surface area (Å²) < 4.78 is 1.76. The molecular formula is C21H28N6O. The van der Waals surface area contributed by atoms with Crippen molar-refractivity contribution in [3.8, 4) is 11.3 Å². The second kappa shape index (κ2) is 8.24. The van der Waals surface area contributed by atoms with E-state index in [1.54, 1.807) is 4.52 Å². The van der Waals surface area contributed by atoms with Gasteiger partial charge in [0, 0.05) is 30.3 Å². The lowest BCUT2D eigenvalue weighted by Crippen LogP contribution is -2.53. The lowest BCUT2D eigenvalue weighted by molar-refractivity contribution is 0.0689. The number of rotatable bonds is 7. The Labute approximate surface area is 165 Å². The molecule has 0 aliphatic heterocycles. The quantitative estimate of drug-likeness (QED) is 0.656. The van der Waals surface area contributed by atoms with Crippen LogP contribution in [0.4, 0.5) is 5.82 Å². The highest BCUT2D eigenvalue weighted by atomic mass is 16.3. The molecule has 1 aromatic carbocycles. The van der Waals surface area contributed by atoms with Gasteiger partial charge in [0.15, 0.2) is 0 Å². The fourth-order valence-electron chi connectivity index (χ4n) is 4.24. The number of benzene rings is 1. The average Bonchev–Trinajstić information content (AvgIpc) is 3.22. The van der Waals surface area contributed by atoms with Crippen molar-refractivity contribution in [2.75, 3.05) is 32.1 Å². The van der Waals surface area contributed by atoms with Gasteiger partial charge < -0.3 is 10.4 Å². The minimum Gasteiger partial charge on any atom is -0.395 e. The highest BCUT2D eigenvalue weighted by Gasteiger charge is 2.35. The summed E-state index contributed by atoms with van der Waals surface area (Å²) in [6.07, 6.45) is 7.54. The first-order valence-electron chi connectivity index (χ1n) is 10.0.